The molecule has 0 unspecified atom stereocenters. The maximum Gasteiger partial charge on any atom is 0.259 e. The average molecular weight is 291 g/mol. The molecular formula is C14H14FN3OS. The normalized spacial score (nSPS) is 10.7. The number of thiophene rings is 1. The summed E-state index contributed by atoms with van der Waals surface area (Å²) in [6.07, 6.45) is 1.62. The van der Waals surface area contributed by atoms with Crippen molar-refractivity contribution in [3.8, 4) is 0 Å². The lowest BCUT2D eigenvalue weighted by Crippen LogP contribution is -2.25. The van der Waals surface area contributed by atoms with E-state index in [1.807, 2.05) is 18.4 Å². The second-order valence-corrected chi connectivity index (χ2v) is 5.07. The summed E-state index contributed by atoms with van der Waals surface area (Å²) in [5.74, 6) is -0.573. The highest BCUT2D eigenvalue weighted by Gasteiger charge is 2.00. The molecule has 4 nitrogen and oxygen atoms in total. The quantitative estimate of drug-likeness (QED) is 0.657. The minimum atomic E-state index is -0.309. The van der Waals surface area contributed by atoms with Gasteiger partial charge in [0.25, 0.3) is 5.91 Å². The van der Waals surface area contributed by atoms with Gasteiger partial charge in [-0.25, -0.2) is 9.82 Å². The largest absolute Gasteiger partial charge is 0.376 e. The van der Waals surface area contributed by atoms with Gasteiger partial charge in [0.05, 0.1) is 12.8 Å². The summed E-state index contributed by atoms with van der Waals surface area (Å²) < 4.78 is 12.7. The molecule has 0 fully saturated rings. The summed E-state index contributed by atoms with van der Waals surface area (Å²) in [7, 11) is 0. The zero-order valence-electron chi connectivity index (χ0n) is 10.9. The van der Waals surface area contributed by atoms with Gasteiger partial charge >= 0.3 is 0 Å². The molecule has 20 heavy (non-hydrogen) atoms. The number of anilines is 1. The number of hydrazone groups is 1. The molecule has 2 N–H and O–H groups in total. The predicted octanol–water partition coefficient (Wildman–Crippen LogP) is 2.76. The summed E-state index contributed by atoms with van der Waals surface area (Å²) in [5.41, 5.74) is 4.23. The van der Waals surface area contributed by atoms with Crippen LogP contribution in [0.2, 0.25) is 0 Å². The van der Waals surface area contributed by atoms with E-state index < -0.39 is 0 Å². The third kappa shape index (κ3) is 4.17. The first-order valence-corrected chi connectivity index (χ1v) is 6.88. The van der Waals surface area contributed by atoms with Gasteiger partial charge in [-0.15, -0.1) is 11.3 Å². The molecule has 104 valence electrons. The Balaban J connectivity index is 1.77. The highest BCUT2D eigenvalue weighted by atomic mass is 32.1. The van der Waals surface area contributed by atoms with E-state index in [9.17, 15) is 9.18 Å². The molecule has 0 spiro atoms. The van der Waals surface area contributed by atoms with Gasteiger partial charge in [-0.3, -0.25) is 4.79 Å². The van der Waals surface area contributed by atoms with E-state index in [0.717, 1.165) is 10.4 Å². The van der Waals surface area contributed by atoms with E-state index in [4.69, 9.17) is 0 Å². The van der Waals surface area contributed by atoms with Gasteiger partial charge in [0.2, 0.25) is 0 Å². The molecule has 6 heteroatoms. The molecule has 0 aliphatic heterocycles. The third-order valence-electron chi connectivity index (χ3n) is 2.57. The maximum atomic E-state index is 12.7. The summed E-state index contributed by atoms with van der Waals surface area (Å²) in [4.78, 5) is 12.5. The van der Waals surface area contributed by atoms with Gasteiger partial charge in [-0.1, -0.05) is 0 Å². The van der Waals surface area contributed by atoms with Crippen molar-refractivity contribution in [1.82, 2.24) is 5.43 Å². The van der Waals surface area contributed by atoms with E-state index in [1.165, 1.54) is 12.1 Å². The fourth-order valence-electron chi connectivity index (χ4n) is 1.47. The summed E-state index contributed by atoms with van der Waals surface area (Å²) in [6.45, 7) is 2.06. The summed E-state index contributed by atoms with van der Waals surface area (Å²) in [5, 5.41) is 8.73. The van der Waals surface area contributed by atoms with E-state index >= 15 is 0 Å². The number of hydrogen-bond donors (Lipinski definition) is 2. The van der Waals surface area contributed by atoms with Crippen molar-refractivity contribution in [2.24, 2.45) is 5.10 Å². The van der Waals surface area contributed by atoms with Crippen LogP contribution >= 0.6 is 11.3 Å². The van der Waals surface area contributed by atoms with Crippen molar-refractivity contribution < 1.29 is 9.18 Å². The predicted molar refractivity (Wildman–Crippen MR) is 79.7 cm³/mol. The first-order valence-electron chi connectivity index (χ1n) is 6.00. The molecule has 2 rings (SSSR count). The van der Waals surface area contributed by atoms with E-state index in [0.29, 0.717) is 5.69 Å². The van der Waals surface area contributed by atoms with E-state index in [1.54, 1.807) is 29.7 Å². The van der Waals surface area contributed by atoms with Crippen molar-refractivity contribution in [1.29, 1.82) is 0 Å². The Morgan fingerprint density at radius 3 is 2.75 bits per heavy atom. The number of halogens is 1. The van der Waals surface area contributed by atoms with Crippen LogP contribution < -0.4 is 10.7 Å². The minimum absolute atomic E-state index is 0.0758. The molecule has 0 aliphatic rings. The van der Waals surface area contributed by atoms with Crippen LogP contribution in [0.15, 0.2) is 40.8 Å². The molecule has 0 atom stereocenters. The first-order chi connectivity index (χ1) is 9.65. The number of amides is 1. The molecule has 1 heterocycles. The maximum absolute atomic E-state index is 12.7. The van der Waals surface area contributed by atoms with Crippen molar-refractivity contribution in [2.75, 3.05) is 11.9 Å². The standard InChI is InChI=1S/C14H14FN3OS/c1-10-6-7-20-13(10)8-17-18-14(19)9-16-12-4-2-11(15)3-5-12/h2-8,16H,9H2,1H3,(H,18,19)/b17-8-. The van der Waals surface area contributed by atoms with E-state index in [2.05, 4.69) is 15.8 Å². The van der Waals surface area contributed by atoms with Crippen molar-refractivity contribution in [2.45, 2.75) is 6.92 Å². The molecule has 0 saturated heterocycles. The van der Waals surface area contributed by atoms with Crippen LogP contribution in [-0.2, 0) is 4.79 Å². The number of nitrogens with one attached hydrogen (secondary N) is 2. The fraction of sp³-hybridized carbons (Fsp3) is 0.143. The van der Waals surface area contributed by atoms with Crippen LogP contribution in [0, 0.1) is 12.7 Å². The zero-order valence-corrected chi connectivity index (χ0v) is 11.7. The summed E-state index contributed by atoms with van der Waals surface area (Å²) in [6, 6.07) is 7.79. The second-order valence-electron chi connectivity index (χ2n) is 4.12. The lowest BCUT2D eigenvalue weighted by atomic mass is 10.3. The second kappa shape index (κ2) is 6.81. The summed E-state index contributed by atoms with van der Waals surface area (Å²) >= 11 is 1.56. The molecule has 1 amide bonds. The number of benzene rings is 1. The number of carbonyl (C=O) groups excluding carboxylic acids is 1. The molecular weight excluding hydrogens is 277 g/mol. The van der Waals surface area contributed by atoms with Crippen molar-refractivity contribution in [3.63, 3.8) is 0 Å². The smallest absolute Gasteiger partial charge is 0.259 e. The average Bonchev–Trinajstić information content (AvgIpc) is 2.84. The molecule has 1 aromatic carbocycles. The molecule has 0 bridgehead atoms. The Hall–Kier alpha value is -2.21. The number of carbonyl (C=O) groups is 1. The number of rotatable bonds is 5. The Labute approximate surface area is 120 Å². The van der Waals surface area contributed by atoms with Crippen LogP contribution in [0.4, 0.5) is 10.1 Å². The topological polar surface area (TPSA) is 53.5 Å². The molecule has 0 saturated carbocycles. The van der Waals surface area contributed by atoms with Crippen molar-refractivity contribution in [3.05, 3.63) is 52.0 Å². The zero-order chi connectivity index (χ0) is 14.4. The highest BCUT2D eigenvalue weighted by molar-refractivity contribution is 7.11. The lowest BCUT2D eigenvalue weighted by molar-refractivity contribution is -0.119. The van der Waals surface area contributed by atoms with Gasteiger partial charge in [0.1, 0.15) is 5.82 Å². The van der Waals surface area contributed by atoms with E-state index in [-0.39, 0.29) is 18.3 Å². The van der Waals surface area contributed by atoms with Crippen LogP contribution in [0.25, 0.3) is 0 Å². The van der Waals surface area contributed by atoms with Gasteiger partial charge in [-0.05, 0) is 48.2 Å². The Kier molecular flexibility index (Phi) is 4.84. The first kappa shape index (κ1) is 14.2. The monoisotopic (exact) mass is 291 g/mol. The molecule has 1 aromatic heterocycles. The number of aryl methyl sites for hydroxylation is 1. The Morgan fingerprint density at radius 2 is 2.10 bits per heavy atom. The van der Waals surface area contributed by atoms with Gasteiger partial charge in [0, 0.05) is 10.6 Å². The Bertz CT molecular complexity index is 607. The highest BCUT2D eigenvalue weighted by Crippen LogP contribution is 2.12. The minimum Gasteiger partial charge on any atom is -0.376 e. The van der Waals surface area contributed by atoms with Crippen LogP contribution in [0.3, 0.4) is 0 Å². The SMILES string of the molecule is Cc1ccsc1/C=N\NC(=O)CNc1ccc(F)cc1. The third-order valence-corrected chi connectivity index (χ3v) is 3.52. The number of nitrogens with zero attached hydrogens (tertiary/aromatic N) is 1. The van der Waals surface area contributed by atoms with Crippen LogP contribution in [0.1, 0.15) is 10.4 Å². The fourth-order valence-corrected chi connectivity index (χ4v) is 2.26. The van der Waals surface area contributed by atoms with Gasteiger partial charge < -0.3 is 5.32 Å². The lowest BCUT2D eigenvalue weighted by Gasteiger charge is -2.04. The van der Waals surface area contributed by atoms with Crippen LogP contribution in [-0.4, -0.2) is 18.7 Å². The van der Waals surface area contributed by atoms with Gasteiger partial charge in [0.15, 0.2) is 0 Å². The molecule has 0 aliphatic carbocycles. The molecule has 0 radical (unpaired) electrons. The van der Waals surface area contributed by atoms with Crippen LogP contribution in [0.5, 0.6) is 0 Å². The number of hydrogen-bond acceptors (Lipinski definition) is 4. The van der Waals surface area contributed by atoms with Crippen molar-refractivity contribution >= 4 is 29.1 Å². The molecule has 2 aromatic rings. The Morgan fingerprint density at radius 1 is 1.35 bits per heavy atom. The van der Waals surface area contributed by atoms with Gasteiger partial charge in [-0.2, -0.15) is 5.10 Å².